The van der Waals surface area contributed by atoms with Gasteiger partial charge in [0.15, 0.2) is 0 Å². The summed E-state index contributed by atoms with van der Waals surface area (Å²) in [5.74, 6) is -1.23. The van der Waals surface area contributed by atoms with E-state index in [4.69, 9.17) is 4.28 Å². The predicted molar refractivity (Wildman–Crippen MR) is 123 cm³/mol. The van der Waals surface area contributed by atoms with Crippen molar-refractivity contribution in [1.82, 2.24) is 14.7 Å². The molecule has 0 saturated heterocycles. The largest absolute Gasteiger partial charge is 0.492 e. The third-order valence-corrected chi connectivity index (χ3v) is 6.32. The fourth-order valence-electron chi connectivity index (χ4n) is 3.45. The van der Waals surface area contributed by atoms with Crippen LogP contribution in [0.1, 0.15) is 25.3 Å². The summed E-state index contributed by atoms with van der Waals surface area (Å²) in [7, 11) is -4.36. The van der Waals surface area contributed by atoms with E-state index in [0.717, 1.165) is 24.8 Å². The maximum atomic E-state index is 12.9. The molecule has 0 amide bonds. The van der Waals surface area contributed by atoms with Gasteiger partial charge in [0.05, 0.1) is 22.5 Å². The van der Waals surface area contributed by atoms with Gasteiger partial charge in [-0.05, 0) is 54.8 Å². The molecule has 0 aliphatic carbocycles. The fourth-order valence-corrected chi connectivity index (χ4v) is 4.34. The van der Waals surface area contributed by atoms with Crippen LogP contribution >= 0.6 is 0 Å². The first-order valence-electron chi connectivity index (χ1n) is 10.5. The molecule has 0 atom stereocenters. The summed E-state index contributed by atoms with van der Waals surface area (Å²) < 4.78 is 31.5. The molecule has 4 aromatic rings. The van der Waals surface area contributed by atoms with E-state index in [-0.39, 0.29) is 16.0 Å². The van der Waals surface area contributed by atoms with Crippen LogP contribution in [-0.4, -0.2) is 33.3 Å². The van der Waals surface area contributed by atoms with Crippen LogP contribution in [0, 0.1) is 0 Å². The molecule has 0 bridgehead atoms. The Labute approximate surface area is 191 Å². The Balaban J connectivity index is 1.78. The Hall–Kier alpha value is -3.85. The van der Waals surface area contributed by atoms with Gasteiger partial charge in [-0.1, -0.05) is 42.3 Å². The molecular weight excluding hydrogens is 442 g/mol. The lowest BCUT2D eigenvalue weighted by Crippen LogP contribution is -2.19. The van der Waals surface area contributed by atoms with E-state index in [2.05, 4.69) is 16.9 Å². The Morgan fingerprint density at radius 1 is 0.848 bits per heavy atom. The van der Waals surface area contributed by atoms with Crippen molar-refractivity contribution in [1.29, 1.82) is 0 Å². The molecule has 3 aromatic heterocycles. The molecule has 0 saturated carbocycles. The van der Waals surface area contributed by atoms with Crippen LogP contribution < -0.4 is 4.28 Å². The molecule has 0 fully saturated rings. The highest BCUT2D eigenvalue weighted by molar-refractivity contribution is 7.87. The van der Waals surface area contributed by atoms with E-state index in [1.54, 1.807) is 48.5 Å². The maximum Gasteiger partial charge on any atom is 0.357 e. The number of aromatic nitrogens is 3. The summed E-state index contributed by atoms with van der Waals surface area (Å²) in [6, 6.07) is 16.4. The summed E-state index contributed by atoms with van der Waals surface area (Å²) in [6.45, 7) is 2.08. The first-order chi connectivity index (χ1) is 15.9. The Morgan fingerprint density at radius 3 is 1.85 bits per heavy atom. The van der Waals surface area contributed by atoms with Crippen molar-refractivity contribution >= 4 is 10.1 Å². The SMILES string of the molecule is CCCCc1ccc(S(=O)(=O)On2c(O)c(-c3ccccn3)c(-c3ccccn3)c2O)cc1. The molecule has 9 heteroatoms. The van der Waals surface area contributed by atoms with Gasteiger partial charge in [-0.2, -0.15) is 8.42 Å². The molecule has 33 heavy (non-hydrogen) atoms. The quantitative estimate of drug-likeness (QED) is 0.401. The predicted octanol–water partition coefficient (Wildman–Crippen LogP) is 4.18. The zero-order valence-electron chi connectivity index (χ0n) is 17.9. The van der Waals surface area contributed by atoms with Crippen molar-refractivity contribution in [2.24, 2.45) is 0 Å². The van der Waals surface area contributed by atoms with Gasteiger partial charge in [0.2, 0.25) is 11.8 Å². The molecule has 4 rings (SSSR count). The molecule has 2 N–H and O–H groups in total. The lowest BCUT2D eigenvalue weighted by molar-refractivity contribution is 0.204. The van der Waals surface area contributed by atoms with Crippen molar-refractivity contribution in [3.05, 3.63) is 78.6 Å². The van der Waals surface area contributed by atoms with Gasteiger partial charge in [-0.3, -0.25) is 14.3 Å². The van der Waals surface area contributed by atoms with Crippen molar-refractivity contribution < 1.29 is 22.9 Å². The highest BCUT2D eigenvalue weighted by atomic mass is 32.2. The number of aryl methyl sites for hydroxylation is 1. The molecule has 0 radical (unpaired) electrons. The molecule has 8 nitrogen and oxygen atoms in total. The summed E-state index contributed by atoms with van der Waals surface area (Å²) >= 11 is 0. The Bertz CT molecular complexity index is 1270. The first-order valence-corrected chi connectivity index (χ1v) is 11.9. The van der Waals surface area contributed by atoms with Gasteiger partial charge in [0, 0.05) is 12.4 Å². The Kier molecular flexibility index (Phi) is 6.32. The molecule has 0 aliphatic heterocycles. The van der Waals surface area contributed by atoms with E-state index >= 15 is 0 Å². The van der Waals surface area contributed by atoms with Crippen LogP contribution in [0.15, 0.2) is 78.0 Å². The summed E-state index contributed by atoms with van der Waals surface area (Å²) in [6.07, 6.45) is 5.91. The van der Waals surface area contributed by atoms with Crippen molar-refractivity contribution in [2.45, 2.75) is 31.1 Å². The van der Waals surface area contributed by atoms with Crippen molar-refractivity contribution in [2.75, 3.05) is 0 Å². The zero-order valence-corrected chi connectivity index (χ0v) is 18.7. The number of pyridine rings is 2. The van der Waals surface area contributed by atoms with Gasteiger partial charge >= 0.3 is 10.1 Å². The highest BCUT2D eigenvalue weighted by Crippen LogP contribution is 2.45. The normalized spacial score (nSPS) is 11.4. The lowest BCUT2D eigenvalue weighted by Gasteiger charge is -2.10. The van der Waals surface area contributed by atoms with Crippen LogP contribution in [-0.2, 0) is 16.5 Å². The number of hydrogen-bond donors (Lipinski definition) is 2. The van der Waals surface area contributed by atoms with E-state index in [9.17, 15) is 18.6 Å². The minimum atomic E-state index is -4.36. The topological polar surface area (TPSA) is 115 Å². The average Bonchev–Trinajstić information content (AvgIpc) is 3.08. The molecule has 170 valence electrons. The monoisotopic (exact) mass is 465 g/mol. The van der Waals surface area contributed by atoms with Crippen molar-refractivity contribution in [3.8, 4) is 34.3 Å². The van der Waals surface area contributed by atoms with Crippen LogP contribution in [0.5, 0.6) is 11.8 Å². The van der Waals surface area contributed by atoms with Gasteiger partial charge in [0.1, 0.15) is 4.90 Å². The summed E-state index contributed by atoms with van der Waals surface area (Å²) in [4.78, 5) is 8.34. The van der Waals surface area contributed by atoms with E-state index in [1.165, 1.54) is 24.5 Å². The molecule has 0 unspecified atom stereocenters. The van der Waals surface area contributed by atoms with Crippen LogP contribution in [0.25, 0.3) is 22.5 Å². The average molecular weight is 466 g/mol. The van der Waals surface area contributed by atoms with Crippen LogP contribution in [0.4, 0.5) is 0 Å². The molecule has 0 aliphatic rings. The lowest BCUT2D eigenvalue weighted by atomic mass is 10.1. The fraction of sp³-hybridized carbons (Fsp3) is 0.167. The minimum absolute atomic E-state index is 0.0944. The van der Waals surface area contributed by atoms with Gasteiger partial charge in [0.25, 0.3) is 0 Å². The highest BCUT2D eigenvalue weighted by Gasteiger charge is 2.30. The van der Waals surface area contributed by atoms with E-state index < -0.39 is 21.9 Å². The first kappa shape index (κ1) is 22.3. The number of benzene rings is 1. The third kappa shape index (κ3) is 4.54. The third-order valence-electron chi connectivity index (χ3n) is 5.13. The second-order valence-corrected chi connectivity index (χ2v) is 8.93. The summed E-state index contributed by atoms with van der Waals surface area (Å²) in [5.41, 5.74) is 1.82. The van der Waals surface area contributed by atoms with Gasteiger partial charge in [-0.25, -0.2) is 0 Å². The van der Waals surface area contributed by atoms with Crippen LogP contribution in [0.3, 0.4) is 0 Å². The smallest absolute Gasteiger partial charge is 0.357 e. The van der Waals surface area contributed by atoms with Gasteiger partial charge in [-0.15, -0.1) is 0 Å². The molecule has 0 spiro atoms. The Morgan fingerprint density at radius 2 is 1.39 bits per heavy atom. The second-order valence-electron chi connectivity index (χ2n) is 7.40. The second kappa shape index (κ2) is 9.33. The van der Waals surface area contributed by atoms with Gasteiger partial charge < -0.3 is 10.2 Å². The minimum Gasteiger partial charge on any atom is -0.492 e. The number of hydrogen-bond acceptors (Lipinski definition) is 7. The maximum absolute atomic E-state index is 12.9. The standard InChI is InChI=1S/C24H23N3O5S/c1-2-3-8-17-11-13-18(14-12-17)33(30,31)32-27-23(28)21(19-9-4-6-15-25-19)22(24(27)29)20-10-5-7-16-26-20/h4-7,9-16,28-29H,2-3,8H2,1H3. The summed E-state index contributed by atoms with van der Waals surface area (Å²) in [5, 5.41) is 21.8. The van der Waals surface area contributed by atoms with E-state index in [0.29, 0.717) is 16.1 Å². The number of unbranched alkanes of at least 4 members (excludes halogenated alkanes) is 1. The van der Waals surface area contributed by atoms with E-state index in [1.807, 2.05) is 0 Å². The number of aromatic hydroxyl groups is 2. The zero-order chi connectivity index (χ0) is 23.4. The van der Waals surface area contributed by atoms with Crippen LogP contribution in [0.2, 0.25) is 0 Å². The molecule has 3 heterocycles. The number of nitrogens with zero attached hydrogens (tertiary/aromatic N) is 3. The number of rotatable bonds is 8. The molecule has 1 aromatic carbocycles. The van der Waals surface area contributed by atoms with Crippen molar-refractivity contribution in [3.63, 3.8) is 0 Å². The molecular formula is C24H23N3O5S.